The lowest BCUT2D eigenvalue weighted by Crippen LogP contribution is -2.18. The molecule has 116 valence electrons. The van der Waals surface area contributed by atoms with Gasteiger partial charge in [0.25, 0.3) is 0 Å². The summed E-state index contributed by atoms with van der Waals surface area (Å²) in [5.74, 6) is -0.205. The minimum Gasteiger partial charge on any atom is -0.465 e. The van der Waals surface area contributed by atoms with E-state index in [1.165, 1.54) is 0 Å². The second kappa shape index (κ2) is 7.89. The van der Waals surface area contributed by atoms with E-state index in [0.29, 0.717) is 35.6 Å². The van der Waals surface area contributed by atoms with Gasteiger partial charge in [0.2, 0.25) is 0 Å². The number of anilines is 1. The Morgan fingerprint density at radius 3 is 2.73 bits per heavy atom. The average Bonchev–Trinajstić information content (AvgIpc) is 2.48. The van der Waals surface area contributed by atoms with Gasteiger partial charge in [-0.05, 0) is 60.0 Å². The van der Waals surface area contributed by atoms with E-state index >= 15 is 0 Å². The SMILES string of the molecule is CCOC(=O)C(CCc1cccc(N)n1)c1cccc(Br)n1. The number of halogens is 1. The van der Waals surface area contributed by atoms with Crippen molar-refractivity contribution in [3.63, 3.8) is 0 Å². The number of hydrogen-bond donors (Lipinski definition) is 1. The summed E-state index contributed by atoms with van der Waals surface area (Å²) in [5, 5.41) is 0. The van der Waals surface area contributed by atoms with Gasteiger partial charge >= 0.3 is 5.97 Å². The topological polar surface area (TPSA) is 78.1 Å². The Morgan fingerprint density at radius 1 is 1.27 bits per heavy atom. The third kappa shape index (κ3) is 4.53. The number of hydrogen-bond acceptors (Lipinski definition) is 5. The van der Waals surface area contributed by atoms with Crippen LogP contribution in [0.1, 0.15) is 30.7 Å². The number of carbonyl (C=O) groups is 1. The summed E-state index contributed by atoms with van der Waals surface area (Å²) >= 11 is 3.33. The molecule has 2 aromatic rings. The summed E-state index contributed by atoms with van der Waals surface area (Å²) in [4.78, 5) is 20.9. The first-order valence-corrected chi connectivity index (χ1v) is 7.90. The molecule has 2 N–H and O–H groups in total. The second-order valence-corrected chi connectivity index (χ2v) is 5.59. The van der Waals surface area contributed by atoms with E-state index < -0.39 is 5.92 Å². The lowest BCUT2D eigenvalue weighted by Gasteiger charge is -2.15. The van der Waals surface area contributed by atoms with Crippen molar-refractivity contribution in [3.05, 3.63) is 52.4 Å². The van der Waals surface area contributed by atoms with Crippen LogP contribution in [0, 0.1) is 0 Å². The van der Waals surface area contributed by atoms with E-state index in [9.17, 15) is 4.79 Å². The molecule has 5 nitrogen and oxygen atoms in total. The molecule has 0 aliphatic rings. The van der Waals surface area contributed by atoms with E-state index in [0.717, 1.165) is 5.69 Å². The van der Waals surface area contributed by atoms with Crippen LogP contribution in [0.5, 0.6) is 0 Å². The molecule has 0 saturated heterocycles. The fourth-order valence-electron chi connectivity index (χ4n) is 2.18. The lowest BCUT2D eigenvalue weighted by molar-refractivity contribution is -0.145. The van der Waals surface area contributed by atoms with Gasteiger partial charge in [0.15, 0.2) is 0 Å². The molecular formula is C16H18BrN3O2. The predicted molar refractivity (Wildman–Crippen MR) is 88.3 cm³/mol. The molecule has 2 rings (SSSR count). The van der Waals surface area contributed by atoms with Crippen molar-refractivity contribution in [2.45, 2.75) is 25.7 Å². The van der Waals surface area contributed by atoms with Gasteiger partial charge in [-0.2, -0.15) is 0 Å². The smallest absolute Gasteiger partial charge is 0.315 e. The molecule has 0 fully saturated rings. The Balaban J connectivity index is 2.16. The van der Waals surface area contributed by atoms with Crippen molar-refractivity contribution in [2.75, 3.05) is 12.3 Å². The molecule has 0 bridgehead atoms. The molecular weight excluding hydrogens is 346 g/mol. The Kier molecular flexibility index (Phi) is 5.89. The number of nitrogens with two attached hydrogens (primary N) is 1. The maximum absolute atomic E-state index is 12.2. The fraction of sp³-hybridized carbons (Fsp3) is 0.312. The highest BCUT2D eigenvalue weighted by molar-refractivity contribution is 9.10. The quantitative estimate of drug-likeness (QED) is 0.630. The average molecular weight is 364 g/mol. The number of nitrogen functional groups attached to an aromatic ring is 1. The van der Waals surface area contributed by atoms with Crippen molar-refractivity contribution in [1.82, 2.24) is 9.97 Å². The zero-order valence-corrected chi connectivity index (χ0v) is 13.9. The molecule has 1 atom stereocenters. The normalized spacial score (nSPS) is 11.9. The summed E-state index contributed by atoms with van der Waals surface area (Å²) in [5.41, 5.74) is 7.22. The second-order valence-electron chi connectivity index (χ2n) is 4.78. The Morgan fingerprint density at radius 2 is 2.05 bits per heavy atom. The van der Waals surface area contributed by atoms with Crippen LogP contribution in [0.15, 0.2) is 41.0 Å². The zero-order valence-electron chi connectivity index (χ0n) is 12.3. The third-order valence-electron chi connectivity index (χ3n) is 3.18. The first kappa shape index (κ1) is 16.4. The number of nitrogens with zero attached hydrogens (tertiary/aromatic N) is 2. The molecule has 0 saturated carbocycles. The van der Waals surface area contributed by atoms with Gasteiger partial charge in [-0.25, -0.2) is 9.97 Å². The molecule has 2 heterocycles. The number of ether oxygens (including phenoxy) is 1. The summed E-state index contributed by atoms with van der Waals surface area (Å²) in [6, 6.07) is 11.0. The van der Waals surface area contributed by atoms with Gasteiger partial charge in [0.05, 0.1) is 18.2 Å². The summed E-state index contributed by atoms with van der Waals surface area (Å²) in [7, 11) is 0. The molecule has 6 heteroatoms. The van der Waals surface area contributed by atoms with E-state index in [4.69, 9.17) is 10.5 Å². The van der Waals surface area contributed by atoms with Gasteiger partial charge in [0.1, 0.15) is 10.4 Å². The molecule has 0 aromatic carbocycles. The fourth-order valence-corrected chi connectivity index (χ4v) is 2.53. The van der Waals surface area contributed by atoms with E-state index in [-0.39, 0.29) is 5.97 Å². The van der Waals surface area contributed by atoms with Gasteiger partial charge in [-0.1, -0.05) is 12.1 Å². The molecule has 0 aliphatic heterocycles. The maximum atomic E-state index is 12.2. The van der Waals surface area contributed by atoms with Crippen molar-refractivity contribution < 1.29 is 9.53 Å². The lowest BCUT2D eigenvalue weighted by atomic mass is 9.97. The largest absolute Gasteiger partial charge is 0.465 e. The highest BCUT2D eigenvalue weighted by Gasteiger charge is 2.23. The van der Waals surface area contributed by atoms with E-state index in [2.05, 4.69) is 25.9 Å². The van der Waals surface area contributed by atoms with Crippen LogP contribution in [-0.2, 0) is 16.0 Å². The predicted octanol–water partition coefficient (Wildman–Crippen LogP) is 3.10. The first-order valence-electron chi connectivity index (χ1n) is 7.10. The van der Waals surface area contributed by atoms with Gasteiger partial charge in [-0.3, -0.25) is 4.79 Å². The monoisotopic (exact) mass is 363 g/mol. The Labute approximate surface area is 138 Å². The molecule has 2 aromatic heterocycles. The van der Waals surface area contributed by atoms with Crippen molar-refractivity contribution in [1.29, 1.82) is 0 Å². The van der Waals surface area contributed by atoms with Crippen LogP contribution >= 0.6 is 15.9 Å². The maximum Gasteiger partial charge on any atom is 0.315 e. The number of carbonyl (C=O) groups excluding carboxylic acids is 1. The number of esters is 1. The van der Waals surface area contributed by atoms with Crippen LogP contribution in [0.2, 0.25) is 0 Å². The Hall–Kier alpha value is -1.95. The summed E-state index contributed by atoms with van der Waals surface area (Å²) in [6.07, 6.45) is 1.20. The standard InChI is InChI=1S/C16H18BrN3O2/c1-2-22-16(21)12(13-6-4-7-14(17)20-13)10-9-11-5-3-8-15(18)19-11/h3-8,12H,2,9-10H2,1H3,(H2,18,19). The highest BCUT2D eigenvalue weighted by Crippen LogP contribution is 2.23. The van der Waals surface area contributed by atoms with Crippen molar-refractivity contribution >= 4 is 27.7 Å². The first-order chi connectivity index (χ1) is 10.6. The molecule has 0 radical (unpaired) electrons. The van der Waals surface area contributed by atoms with Crippen LogP contribution in [-0.4, -0.2) is 22.5 Å². The number of aromatic nitrogens is 2. The minimum atomic E-state index is -0.416. The summed E-state index contributed by atoms with van der Waals surface area (Å²) in [6.45, 7) is 2.14. The third-order valence-corrected chi connectivity index (χ3v) is 3.62. The van der Waals surface area contributed by atoms with Crippen LogP contribution < -0.4 is 5.73 Å². The molecule has 0 aliphatic carbocycles. The van der Waals surface area contributed by atoms with Crippen LogP contribution in [0.3, 0.4) is 0 Å². The molecule has 0 amide bonds. The molecule has 1 unspecified atom stereocenters. The van der Waals surface area contributed by atoms with Gasteiger partial charge in [0, 0.05) is 5.69 Å². The van der Waals surface area contributed by atoms with E-state index in [1.807, 2.05) is 30.3 Å². The molecule has 0 spiro atoms. The van der Waals surface area contributed by atoms with Crippen LogP contribution in [0.25, 0.3) is 0 Å². The van der Waals surface area contributed by atoms with Crippen molar-refractivity contribution in [2.24, 2.45) is 0 Å². The van der Waals surface area contributed by atoms with Gasteiger partial charge in [-0.15, -0.1) is 0 Å². The number of pyridine rings is 2. The van der Waals surface area contributed by atoms with Gasteiger partial charge < -0.3 is 10.5 Å². The Bertz CT molecular complexity index is 649. The highest BCUT2D eigenvalue weighted by atomic mass is 79.9. The molecule has 22 heavy (non-hydrogen) atoms. The van der Waals surface area contributed by atoms with Crippen LogP contribution in [0.4, 0.5) is 5.82 Å². The zero-order chi connectivity index (χ0) is 15.9. The van der Waals surface area contributed by atoms with Crippen molar-refractivity contribution in [3.8, 4) is 0 Å². The van der Waals surface area contributed by atoms with E-state index in [1.54, 1.807) is 13.0 Å². The number of aryl methyl sites for hydroxylation is 1. The minimum absolute atomic E-state index is 0.267. The summed E-state index contributed by atoms with van der Waals surface area (Å²) < 4.78 is 5.87. The number of rotatable bonds is 6.